The van der Waals surface area contributed by atoms with Crippen LogP contribution >= 0.6 is 0 Å². The zero-order chi connectivity index (χ0) is 19.4. The fraction of sp³-hybridized carbons (Fsp3) is 0.500. The summed E-state index contributed by atoms with van der Waals surface area (Å²) in [5.74, 6) is -0.259. The van der Waals surface area contributed by atoms with Crippen LogP contribution in [-0.2, 0) is 19.5 Å². The highest BCUT2D eigenvalue weighted by Gasteiger charge is 2.21. The number of nitrogens with one attached hydrogen (secondary N) is 1. The molecule has 1 aliphatic rings. The number of halogens is 1. The number of rotatable bonds is 4. The van der Waals surface area contributed by atoms with Crippen molar-refractivity contribution in [2.75, 3.05) is 0 Å². The molecule has 7 heteroatoms. The summed E-state index contributed by atoms with van der Waals surface area (Å²) in [6, 6.07) is 4.81. The SMILES string of the molecule is Cc1ccc(CNC(O)c2nc3n(c(=O)c2O)CCCCCCC3)cc1F. The van der Waals surface area contributed by atoms with E-state index in [9.17, 15) is 19.4 Å². The van der Waals surface area contributed by atoms with Crippen LogP contribution in [0.25, 0.3) is 0 Å². The van der Waals surface area contributed by atoms with Crippen LogP contribution in [0.2, 0.25) is 0 Å². The second kappa shape index (κ2) is 8.63. The van der Waals surface area contributed by atoms with E-state index in [4.69, 9.17) is 0 Å². The Kier molecular flexibility index (Phi) is 6.23. The number of nitrogens with zero attached hydrogens (tertiary/aromatic N) is 2. The molecule has 1 aromatic carbocycles. The van der Waals surface area contributed by atoms with Gasteiger partial charge in [-0.25, -0.2) is 9.37 Å². The number of aromatic nitrogens is 2. The highest BCUT2D eigenvalue weighted by molar-refractivity contribution is 5.27. The molecule has 1 atom stereocenters. The van der Waals surface area contributed by atoms with Gasteiger partial charge in [0.2, 0.25) is 5.75 Å². The van der Waals surface area contributed by atoms with E-state index < -0.39 is 17.5 Å². The lowest BCUT2D eigenvalue weighted by Crippen LogP contribution is -2.30. The van der Waals surface area contributed by atoms with E-state index in [1.54, 1.807) is 19.1 Å². The summed E-state index contributed by atoms with van der Waals surface area (Å²) >= 11 is 0. The second-order valence-corrected chi connectivity index (χ2v) is 7.10. The highest BCUT2D eigenvalue weighted by atomic mass is 19.1. The van der Waals surface area contributed by atoms with Gasteiger partial charge in [-0.2, -0.15) is 0 Å². The predicted octanol–water partition coefficient (Wildman–Crippen LogP) is 2.68. The molecule has 27 heavy (non-hydrogen) atoms. The first-order valence-corrected chi connectivity index (χ1v) is 9.46. The fourth-order valence-corrected chi connectivity index (χ4v) is 3.36. The van der Waals surface area contributed by atoms with Crippen molar-refractivity contribution in [1.29, 1.82) is 0 Å². The Morgan fingerprint density at radius 1 is 1.26 bits per heavy atom. The van der Waals surface area contributed by atoms with Crippen LogP contribution in [0.4, 0.5) is 4.39 Å². The summed E-state index contributed by atoms with van der Waals surface area (Å²) in [6.45, 7) is 2.38. The molecule has 6 nitrogen and oxygen atoms in total. The van der Waals surface area contributed by atoms with Gasteiger partial charge in [-0.3, -0.25) is 14.7 Å². The number of aliphatic hydroxyl groups excluding tert-OH is 1. The molecule has 3 rings (SSSR count). The number of aryl methyl sites for hydroxylation is 2. The summed E-state index contributed by atoms with van der Waals surface area (Å²) in [6.07, 6.45) is 4.35. The molecule has 0 fully saturated rings. The molecule has 0 aliphatic carbocycles. The minimum Gasteiger partial charge on any atom is -0.502 e. The first kappa shape index (κ1) is 19.5. The van der Waals surface area contributed by atoms with E-state index in [1.807, 2.05) is 0 Å². The van der Waals surface area contributed by atoms with Gasteiger partial charge in [-0.05, 0) is 37.0 Å². The Balaban J connectivity index is 1.81. The van der Waals surface area contributed by atoms with Crippen molar-refractivity contribution in [2.24, 2.45) is 0 Å². The molecule has 0 amide bonds. The first-order valence-electron chi connectivity index (χ1n) is 9.46. The number of aliphatic hydroxyl groups is 1. The van der Waals surface area contributed by atoms with Crippen molar-refractivity contribution < 1.29 is 14.6 Å². The van der Waals surface area contributed by atoms with Gasteiger partial charge >= 0.3 is 0 Å². The Bertz CT molecular complexity index is 866. The van der Waals surface area contributed by atoms with Crippen LogP contribution < -0.4 is 10.9 Å². The average molecular weight is 375 g/mol. The minimum atomic E-state index is -1.32. The summed E-state index contributed by atoms with van der Waals surface area (Å²) in [5, 5.41) is 23.5. The van der Waals surface area contributed by atoms with Gasteiger partial charge in [0.1, 0.15) is 17.3 Å². The van der Waals surface area contributed by atoms with Crippen molar-refractivity contribution in [3.05, 3.63) is 57.0 Å². The molecule has 1 aromatic heterocycles. The second-order valence-electron chi connectivity index (χ2n) is 7.10. The molecule has 0 spiro atoms. The van der Waals surface area contributed by atoms with E-state index in [2.05, 4.69) is 10.3 Å². The van der Waals surface area contributed by atoms with Gasteiger partial charge < -0.3 is 10.2 Å². The van der Waals surface area contributed by atoms with Crippen molar-refractivity contribution in [2.45, 2.75) is 64.8 Å². The lowest BCUT2D eigenvalue weighted by molar-refractivity contribution is 0.127. The largest absolute Gasteiger partial charge is 0.502 e. The van der Waals surface area contributed by atoms with Crippen LogP contribution in [0.5, 0.6) is 5.75 Å². The van der Waals surface area contributed by atoms with Crippen LogP contribution in [0.1, 0.15) is 61.0 Å². The van der Waals surface area contributed by atoms with Gasteiger partial charge in [0.05, 0.1) is 0 Å². The first-order chi connectivity index (χ1) is 13.0. The standard InChI is InChI=1S/C20H26FN3O3/c1-13-8-9-14(11-15(13)21)12-22-19(26)17-18(25)20(27)24-10-6-4-2-3-5-7-16(24)23-17/h8-9,11,19,22,25-26H,2-7,10,12H2,1H3. The molecular formula is C20H26FN3O3. The lowest BCUT2D eigenvalue weighted by Gasteiger charge is -2.18. The highest BCUT2D eigenvalue weighted by Crippen LogP contribution is 2.20. The summed E-state index contributed by atoms with van der Waals surface area (Å²) in [7, 11) is 0. The fourth-order valence-electron chi connectivity index (χ4n) is 3.36. The maximum Gasteiger partial charge on any atom is 0.296 e. The summed E-state index contributed by atoms with van der Waals surface area (Å²) in [4.78, 5) is 16.9. The van der Waals surface area contributed by atoms with Gasteiger partial charge in [-0.15, -0.1) is 0 Å². The number of benzene rings is 1. The van der Waals surface area contributed by atoms with Crippen LogP contribution in [0, 0.1) is 12.7 Å². The molecule has 1 unspecified atom stereocenters. The normalized spacial score (nSPS) is 16.1. The van der Waals surface area contributed by atoms with Crippen molar-refractivity contribution in [3.63, 3.8) is 0 Å². The number of aromatic hydroxyl groups is 1. The molecular weight excluding hydrogens is 349 g/mol. The zero-order valence-corrected chi connectivity index (χ0v) is 15.5. The zero-order valence-electron chi connectivity index (χ0n) is 15.5. The smallest absolute Gasteiger partial charge is 0.296 e. The summed E-state index contributed by atoms with van der Waals surface area (Å²) < 4.78 is 15.2. The van der Waals surface area contributed by atoms with E-state index in [0.717, 1.165) is 32.1 Å². The Morgan fingerprint density at radius 2 is 2.00 bits per heavy atom. The van der Waals surface area contributed by atoms with E-state index in [0.29, 0.717) is 29.9 Å². The molecule has 2 heterocycles. The third-order valence-corrected chi connectivity index (χ3v) is 5.03. The minimum absolute atomic E-state index is 0.0712. The maximum atomic E-state index is 13.7. The Labute approximate surface area is 157 Å². The quantitative estimate of drug-likeness (QED) is 0.715. The molecule has 2 aromatic rings. The van der Waals surface area contributed by atoms with Crippen molar-refractivity contribution in [1.82, 2.24) is 14.9 Å². The third kappa shape index (κ3) is 4.54. The number of fused-ring (bicyclic) bond motifs is 1. The van der Waals surface area contributed by atoms with Gasteiger partial charge in [-0.1, -0.05) is 31.4 Å². The number of hydrogen-bond donors (Lipinski definition) is 3. The van der Waals surface area contributed by atoms with Crippen molar-refractivity contribution in [3.8, 4) is 5.75 Å². The molecule has 0 radical (unpaired) electrons. The molecule has 0 saturated carbocycles. The average Bonchev–Trinajstić information content (AvgIpc) is 2.77. The van der Waals surface area contributed by atoms with Crippen LogP contribution in [0.3, 0.4) is 0 Å². The van der Waals surface area contributed by atoms with E-state index in [1.165, 1.54) is 10.6 Å². The molecule has 0 saturated heterocycles. The monoisotopic (exact) mass is 375 g/mol. The number of hydrogen-bond acceptors (Lipinski definition) is 5. The Hall–Kier alpha value is -2.25. The molecule has 3 N–H and O–H groups in total. The molecule has 146 valence electrons. The van der Waals surface area contributed by atoms with Gasteiger partial charge in [0.25, 0.3) is 5.56 Å². The third-order valence-electron chi connectivity index (χ3n) is 5.03. The lowest BCUT2D eigenvalue weighted by atomic mass is 10.1. The van der Waals surface area contributed by atoms with E-state index >= 15 is 0 Å². The van der Waals surface area contributed by atoms with Gasteiger partial charge in [0, 0.05) is 19.5 Å². The van der Waals surface area contributed by atoms with Crippen LogP contribution in [0.15, 0.2) is 23.0 Å². The predicted molar refractivity (Wildman–Crippen MR) is 99.9 cm³/mol. The molecule has 1 aliphatic heterocycles. The van der Waals surface area contributed by atoms with E-state index in [-0.39, 0.29) is 18.1 Å². The van der Waals surface area contributed by atoms with Crippen molar-refractivity contribution >= 4 is 0 Å². The Morgan fingerprint density at radius 3 is 2.78 bits per heavy atom. The topological polar surface area (TPSA) is 87.4 Å². The van der Waals surface area contributed by atoms with Crippen LogP contribution in [-0.4, -0.2) is 19.8 Å². The molecule has 0 bridgehead atoms. The maximum absolute atomic E-state index is 13.7. The summed E-state index contributed by atoms with van der Waals surface area (Å²) in [5.41, 5.74) is 0.609. The van der Waals surface area contributed by atoms with Gasteiger partial charge in [0.15, 0.2) is 6.23 Å².